The molecule has 4 rings (SSSR count). The van der Waals surface area contributed by atoms with Crippen molar-refractivity contribution in [2.75, 3.05) is 5.32 Å². The Kier molecular flexibility index (Phi) is 6.84. The molecule has 9 nitrogen and oxygen atoms in total. The Morgan fingerprint density at radius 1 is 1.20 bits per heavy atom. The van der Waals surface area contributed by atoms with Crippen LogP contribution in [0.2, 0.25) is 0 Å². The van der Waals surface area contributed by atoms with E-state index in [1.54, 1.807) is 13.1 Å². The molecule has 1 saturated carbocycles. The van der Waals surface area contributed by atoms with Crippen molar-refractivity contribution in [2.45, 2.75) is 57.3 Å². The van der Waals surface area contributed by atoms with Crippen LogP contribution in [0, 0.1) is 5.92 Å². The van der Waals surface area contributed by atoms with E-state index >= 15 is 0 Å². The summed E-state index contributed by atoms with van der Waals surface area (Å²) in [6, 6.07) is 2.58. The minimum absolute atomic E-state index is 0.00385. The summed E-state index contributed by atoms with van der Waals surface area (Å²) in [5.74, 6) is -0.658. The molecule has 12 heteroatoms. The van der Waals surface area contributed by atoms with Gasteiger partial charge in [0.1, 0.15) is 5.82 Å². The highest BCUT2D eigenvalue weighted by Gasteiger charge is 2.34. The van der Waals surface area contributed by atoms with E-state index in [1.807, 2.05) is 13.0 Å². The number of nitrogens with zero attached hydrogens (tertiary/aromatic N) is 4. The van der Waals surface area contributed by atoms with Gasteiger partial charge in [-0.25, -0.2) is 0 Å². The number of hydrogen-bond acceptors (Lipinski definition) is 7. The lowest BCUT2D eigenvalue weighted by atomic mass is 9.91. The number of alkyl halides is 3. The number of benzene rings is 1. The maximum absolute atomic E-state index is 13.7. The smallest absolute Gasteiger partial charge is 0.365 e. The molecule has 35 heavy (non-hydrogen) atoms. The summed E-state index contributed by atoms with van der Waals surface area (Å²) >= 11 is 0. The molecule has 3 atom stereocenters. The molecule has 0 bridgehead atoms. The van der Waals surface area contributed by atoms with Gasteiger partial charge < -0.3 is 22.1 Å². The van der Waals surface area contributed by atoms with Gasteiger partial charge in [-0.2, -0.15) is 18.3 Å². The first kappa shape index (κ1) is 24.7. The fourth-order valence-corrected chi connectivity index (χ4v) is 4.53. The second kappa shape index (κ2) is 9.68. The minimum Gasteiger partial charge on any atom is -0.365 e. The topological polar surface area (TPSA) is 136 Å². The lowest BCUT2D eigenvalue weighted by molar-refractivity contribution is -0.136. The van der Waals surface area contributed by atoms with Gasteiger partial charge >= 0.3 is 6.18 Å². The van der Waals surface area contributed by atoms with Crippen molar-refractivity contribution in [1.82, 2.24) is 15.1 Å². The number of carbonyl (C=O) groups excluding carboxylic acids is 1. The molecule has 1 aliphatic carbocycles. The van der Waals surface area contributed by atoms with Gasteiger partial charge in [0.05, 0.1) is 23.0 Å². The van der Waals surface area contributed by atoms with Gasteiger partial charge in [-0.05, 0) is 37.5 Å². The molecular weight excluding hydrogens is 461 g/mol. The summed E-state index contributed by atoms with van der Waals surface area (Å²) in [6.45, 7) is 1.83. The molecule has 2 aromatic rings. The molecule has 1 aromatic heterocycles. The predicted octanol–water partition coefficient (Wildman–Crippen LogP) is 3.89. The molecule has 188 valence electrons. The van der Waals surface area contributed by atoms with Crippen molar-refractivity contribution in [3.63, 3.8) is 0 Å². The third-order valence-corrected chi connectivity index (χ3v) is 6.51. The zero-order chi connectivity index (χ0) is 25.3. The average molecular weight is 491 g/mol. The second-order valence-corrected chi connectivity index (χ2v) is 9.10. The molecular formula is C23H29F3N8O. The summed E-state index contributed by atoms with van der Waals surface area (Å²) in [5.41, 5.74) is 11.6. The number of fused-ring (bicyclic) bond motifs is 1. The van der Waals surface area contributed by atoms with E-state index in [2.05, 4.69) is 26.0 Å². The van der Waals surface area contributed by atoms with Crippen molar-refractivity contribution in [1.29, 1.82) is 0 Å². The Morgan fingerprint density at radius 3 is 2.63 bits per heavy atom. The Bertz CT molecular complexity index is 1210. The summed E-state index contributed by atoms with van der Waals surface area (Å²) in [6.07, 6.45) is 2.86. The largest absolute Gasteiger partial charge is 0.417 e. The summed E-state index contributed by atoms with van der Waals surface area (Å²) in [5, 5.41) is 18.5. The van der Waals surface area contributed by atoms with Gasteiger partial charge in [-0.3, -0.25) is 9.48 Å². The highest BCUT2D eigenvalue weighted by atomic mass is 19.4. The van der Waals surface area contributed by atoms with Crippen molar-refractivity contribution in [2.24, 2.45) is 34.7 Å². The van der Waals surface area contributed by atoms with Gasteiger partial charge in [-0.1, -0.05) is 19.8 Å². The predicted molar refractivity (Wildman–Crippen MR) is 126 cm³/mol. The van der Waals surface area contributed by atoms with E-state index in [1.165, 1.54) is 10.9 Å². The fraction of sp³-hybridized carbons (Fsp3) is 0.478. The van der Waals surface area contributed by atoms with E-state index < -0.39 is 17.6 Å². The number of halogens is 3. The molecule has 2 aliphatic rings. The first-order valence-electron chi connectivity index (χ1n) is 11.5. The van der Waals surface area contributed by atoms with Crippen LogP contribution in [-0.4, -0.2) is 27.8 Å². The van der Waals surface area contributed by atoms with Crippen LogP contribution >= 0.6 is 0 Å². The van der Waals surface area contributed by atoms with Crippen molar-refractivity contribution >= 4 is 22.5 Å². The van der Waals surface area contributed by atoms with Crippen LogP contribution in [0.25, 0.3) is 10.9 Å². The van der Waals surface area contributed by atoms with Crippen LogP contribution in [0.15, 0.2) is 51.8 Å². The standard InChI is InChI=1S/C23H29F3N8O/c1-12-7-8-19(31-17-6-4-3-5-16(17)27)32-33-21(22(28)35)20(12)30-13-9-15(23(24,25)26)14-11-29-34(2)18(14)10-13/h8-12,16-17,30-31H,3-7,27H2,1-2H3,(H2,28,35)/b19-8+,21-20+,33-32-/t12-,16-,17+/m0/s1. The normalized spacial score (nSPS) is 28.1. The van der Waals surface area contributed by atoms with Gasteiger partial charge in [-0.15, -0.1) is 10.2 Å². The minimum atomic E-state index is -4.59. The molecule has 1 amide bonds. The van der Waals surface area contributed by atoms with E-state index in [4.69, 9.17) is 11.5 Å². The molecule has 1 aliphatic heterocycles. The monoisotopic (exact) mass is 490 g/mol. The average Bonchev–Trinajstić information content (AvgIpc) is 3.16. The summed E-state index contributed by atoms with van der Waals surface area (Å²) < 4.78 is 42.6. The fourth-order valence-electron chi connectivity index (χ4n) is 4.53. The van der Waals surface area contributed by atoms with E-state index in [9.17, 15) is 18.0 Å². The van der Waals surface area contributed by atoms with Crippen LogP contribution in [0.3, 0.4) is 0 Å². The number of allylic oxidation sites excluding steroid dienone is 2. The molecule has 0 radical (unpaired) electrons. The molecule has 1 fully saturated rings. The number of carbonyl (C=O) groups is 1. The van der Waals surface area contributed by atoms with E-state index in [0.29, 0.717) is 23.5 Å². The van der Waals surface area contributed by atoms with Crippen molar-refractivity contribution in [3.8, 4) is 0 Å². The van der Waals surface area contributed by atoms with Crippen LogP contribution in [0.5, 0.6) is 0 Å². The number of rotatable bonds is 5. The number of nitrogens with one attached hydrogen (secondary N) is 2. The third-order valence-electron chi connectivity index (χ3n) is 6.51. The number of aromatic nitrogens is 2. The van der Waals surface area contributed by atoms with Gasteiger partial charge in [0, 0.05) is 36.1 Å². The molecule has 6 N–H and O–H groups in total. The maximum Gasteiger partial charge on any atom is 0.417 e. The number of azo groups is 1. The van der Waals surface area contributed by atoms with Crippen LogP contribution in [0.4, 0.5) is 18.9 Å². The van der Waals surface area contributed by atoms with Crippen LogP contribution in [-0.2, 0) is 18.0 Å². The molecule has 0 spiro atoms. The zero-order valence-electron chi connectivity index (χ0n) is 19.6. The number of nitrogens with two attached hydrogens (primary N) is 2. The van der Waals surface area contributed by atoms with Gasteiger partial charge in [0.2, 0.25) is 0 Å². The lowest BCUT2D eigenvalue weighted by Gasteiger charge is -2.30. The molecule has 0 saturated heterocycles. The molecule has 1 aromatic carbocycles. The quantitative estimate of drug-likeness (QED) is 0.504. The van der Waals surface area contributed by atoms with Crippen LogP contribution in [0.1, 0.15) is 44.6 Å². The third kappa shape index (κ3) is 5.31. The van der Waals surface area contributed by atoms with Gasteiger partial charge in [0.25, 0.3) is 5.91 Å². The lowest BCUT2D eigenvalue weighted by Crippen LogP contribution is -2.46. The first-order chi connectivity index (χ1) is 16.5. The number of hydrogen-bond donors (Lipinski definition) is 4. The zero-order valence-corrected chi connectivity index (χ0v) is 19.6. The Balaban J connectivity index is 1.68. The Hall–Kier alpha value is -3.41. The van der Waals surface area contributed by atoms with Crippen molar-refractivity contribution < 1.29 is 18.0 Å². The van der Waals surface area contributed by atoms with E-state index in [-0.39, 0.29) is 34.8 Å². The number of anilines is 1. The van der Waals surface area contributed by atoms with Crippen molar-refractivity contribution in [3.05, 3.63) is 47.2 Å². The van der Waals surface area contributed by atoms with Crippen LogP contribution < -0.4 is 22.1 Å². The maximum atomic E-state index is 13.7. The second-order valence-electron chi connectivity index (χ2n) is 9.10. The Labute approximate surface area is 200 Å². The number of amides is 1. The Morgan fingerprint density at radius 2 is 1.94 bits per heavy atom. The summed E-state index contributed by atoms with van der Waals surface area (Å²) in [4.78, 5) is 12.3. The SMILES string of the molecule is C[C@H]1C/C=C(N[C@@H]2CCCC[C@@H]2N)/N=N\C(C(N)=O)=C/1Nc1cc(C(F)(F)F)c2cnn(C)c2c1. The van der Waals surface area contributed by atoms with Gasteiger partial charge in [0.15, 0.2) is 5.70 Å². The number of aryl methyl sites for hydroxylation is 1. The highest BCUT2D eigenvalue weighted by molar-refractivity contribution is 5.93. The molecule has 2 heterocycles. The summed E-state index contributed by atoms with van der Waals surface area (Å²) in [7, 11) is 1.56. The first-order valence-corrected chi connectivity index (χ1v) is 11.5. The molecule has 0 unspecified atom stereocenters. The van der Waals surface area contributed by atoms with E-state index in [0.717, 1.165) is 31.7 Å². The highest BCUT2D eigenvalue weighted by Crippen LogP contribution is 2.38. The number of primary amides is 1.